The normalized spacial score (nSPS) is 29.7. The van der Waals surface area contributed by atoms with Gasteiger partial charge in [0.2, 0.25) is 0 Å². The molecule has 1 saturated carbocycles. The number of halogens is 2. The van der Waals surface area contributed by atoms with Crippen molar-refractivity contribution < 1.29 is 4.39 Å². The van der Waals surface area contributed by atoms with Crippen molar-refractivity contribution in [1.82, 2.24) is 0 Å². The molecule has 0 spiro atoms. The maximum absolute atomic E-state index is 13.6. The Hall–Kier alpha value is -1.07. The molecule has 0 bridgehead atoms. The number of benzene rings is 1. The van der Waals surface area contributed by atoms with Gasteiger partial charge in [0.15, 0.2) is 0 Å². The highest BCUT2D eigenvalue weighted by Gasteiger charge is 2.54. The van der Waals surface area contributed by atoms with Gasteiger partial charge in [0.1, 0.15) is 5.82 Å². The van der Waals surface area contributed by atoms with Gasteiger partial charge in [-0.15, -0.1) is 0 Å². The van der Waals surface area contributed by atoms with Gasteiger partial charge in [0.25, 0.3) is 0 Å². The number of hydrogen-bond donors (Lipinski definition) is 0. The topological polar surface area (TPSA) is 23.8 Å². The largest absolute Gasteiger partial charge is 0.205 e. The van der Waals surface area contributed by atoms with E-state index in [9.17, 15) is 4.39 Å². The smallest absolute Gasteiger partial charge is 0.146 e. The van der Waals surface area contributed by atoms with Gasteiger partial charge in [-0.3, -0.25) is 0 Å². The van der Waals surface area contributed by atoms with Crippen LogP contribution in [0.5, 0.6) is 0 Å². The summed E-state index contributed by atoms with van der Waals surface area (Å²) in [6, 6.07) is 7.02. The van der Waals surface area contributed by atoms with E-state index < -0.39 is 11.2 Å². The molecule has 0 amide bonds. The predicted octanol–water partition coefficient (Wildman–Crippen LogP) is 3.28. The fraction of sp³-hybridized carbons (Fsp3) is 0.364. The molecule has 0 aromatic heterocycles. The molecule has 2 unspecified atom stereocenters. The minimum Gasteiger partial charge on any atom is -0.205 e. The van der Waals surface area contributed by atoms with Crippen molar-refractivity contribution in [1.29, 1.82) is 5.26 Å². The van der Waals surface area contributed by atoms with E-state index >= 15 is 0 Å². The SMILES string of the molecule is CC1CC1(C#N)c1cccc(Cl)c1F. The first-order valence-corrected chi connectivity index (χ1v) is 4.85. The Morgan fingerprint density at radius 3 is 2.79 bits per heavy atom. The van der Waals surface area contributed by atoms with E-state index in [4.69, 9.17) is 16.9 Å². The molecule has 0 radical (unpaired) electrons. The Bertz CT molecular complexity index is 424. The highest BCUT2D eigenvalue weighted by atomic mass is 35.5. The summed E-state index contributed by atoms with van der Waals surface area (Å²) in [5, 5.41) is 9.13. The third-order valence-electron chi connectivity index (χ3n) is 2.94. The Morgan fingerprint density at radius 2 is 2.29 bits per heavy atom. The zero-order valence-corrected chi connectivity index (χ0v) is 8.48. The molecule has 1 aliphatic rings. The fourth-order valence-electron chi connectivity index (χ4n) is 1.86. The number of hydrogen-bond acceptors (Lipinski definition) is 1. The van der Waals surface area contributed by atoms with Crippen LogP contribution in [-0.2, 0) is 5.41 Å². The molecular formula is C11H9ClFN. The number of rotatable bonds is 1. The van der Waals surface area contributed by atoms with Gasteiger partial charge in [-0.2, -0.15) is 5.26 Å². The van der Waals surface area contributed by atoms with Gasteiger partial charge in [-0.05, 0) is 18.4 Å². The standard InChI is InChI=1S/C11H9ClFN/c1-7-5-11(7,6-14)8-3-2-4-9(12)10(8)13/h2-4,7H,5H2,1H3. The van der Waals surface area contributed by atoms with Crippen molar-refractivity contribution in [3.63, 3.8) is 0 Å². The van der Waals surface area contributed by atoms with Gasteiger partial charge < -0.3 is 0 Å². The summed E-state index contributed by atoms with van der Waals surface area (Å²) in [6.45, 7) is 1.95. The highest BCUT2D eigenvalue weighted by Crippen LogP contribution is 2.54. The van der Waals surface area contributed by atoms with Gasteiger partial charge in [0, 0.05) is 5.56 Å². The maximum Gasteiger partial charge on any atom is 0.146 e. The lowest BCUT2D eigenvalue weighted by Gasteiger charge is -2.09. The van der Waals surface area contributed by atoms with Crippen molar-refractivity contribution in [3.05, 3.63) is 34.6 Å². The molecule has 1 nitrogen and oxygen atoms in total. The lowest BCUT2D eigenvalue weighted by atomic mass is 9.95. The van der Waals surface area contributed by atoms with Crippen LogP contribution in [0.1, 0.15) is 18.9 Å². The molecule has 1 aromatic carbocycles. The van der Waals surface area contributed by atoms with Crippen LogP contribution in [0.2, 0.25) is 5.02 Å². The molecule has 0 saturated heterocycles. The van der Waals surface area contributed by atoms with E-state index in [1.165, 1.54) is 6.07 Å². The molecule has 0 aliphatic heterocycles. The summed E-state index contributed by atoms with van der Waals surface area (Å²) in [7, 11) is 0. The van der Waals surface area contributed by atoms with Gasteiger partial charge in [0.05, 0.1) is 16.5 Å². The van der Waals surface area contributed by atoms with E-state index in [0.717, 1.165) is 6.42 Å². The van der Waals surface area contributed by atoms with Gasteiger partial charge >= 0.3 is 0 Å². The van der Waals surface area contributed by atoms with E-state index in [0.29, 0.717) is 5.56 Å². The quantitative estimate of drug-likeness (QED) is 0.697. The van der Waals surface area contributed by atoms with Crippen LogP contribution in [0.3, 0.4) is 0 Å². The molecule has 1 aliphatic carbocycles. The average molecular weight is 210 g/mol. The lowest BCUT2D eigenvalue weighted by molar-refractivity contribution is 0.592. The monoisotopic (exact) mass is 209 g/mol. The first-order valence-electron chi connectivity index (χ1n) is 4.47. The zero-order chi connectivity index (χ0) is 10.3. The highest BCUT2D eigenvalue weighted by molar-refractivity contribution is 6.30. The molecule has 2 rings (SSSR count). The van der Waals surface area contributed by atoms with Crippen molar-refractivity contribution >= 4 is 11.6 Å². The Labute approximate surface area is 87.1 Å². The van der Waals surface area contributed by atoms with Crippen LogP contribution >= 0.6 is 11.6 Å². The molecular weight excluding hydrogens is 201 g/mol. The van der Waals surface area contributed by atoms with Crippen LogP contribution in [-0.4, -0.2) is 0 Å². The Kier molecular flexibility index (Phi) is 2.01. The van der Waals surface area contributed by atoms with Crippen molar-refractivity contribution in [2.45, 2.75) is 18.8 Å². The number of nitrogens with zero attached hydrogens (tertiary/aromatic N) is 1. The van der Waals surface area contributed by atoms with Crippen molar-refractivity contribution in [2.24, 2.45) is 5.92 Å². The molecule has 3 heteroatoms. The van der Waals surface area contributed by atoms with E-state index in [2.05, 4.69) is 6.07 Å². The first kappa shape index (κ1) is 9.48. The third-order valence-corrected chi connectivity index (χ3v) is 3.23. The van der Waals surface area contributed by atoms with Crippen LogP contribution < -0.4 is 0 Å². The van der Waals surface area contributed by atoms with Crippen molar-refractivity contribution in [2.75, 3.05) is 0 Å². The summed E-state index contributed by atoms with van der Waals surface area (Å²) in [4.78, 5) is 0. The molecule has 1 fully saturated rings. The fourth-order valence-corrected chi connectivity index (χ4v) is 2.04. The van der Waals surface area contributed by atoms with Crippen LogP contribution in [0.4, 0.5) is 4.39 Å². The number of nitriles is 1. The van der Waals surface area contributed by atoms with E-state index in [1.807, 2.05) is 6.92 Å². The van der Waals surface area contributed by atoms with E-state index in [-0.39, 0.29) is 10.9 Å². The second kappa shape index (κ2) is 2.96. The molecule has 72 valence electrons. The van der Waals surface area contributed by atoms with Gasteiger partial charge in [-0.25, -0.2) is 4.39 Å². The Balaban J connectivity index is 2.54. The Morgan fingerprint density at radius 1 is 1.64 bits per heavy atom. The minimum atomic E-state index is -0.630. The maximum atomic E-state index is 13.6. The molecule has 0 N–H and O–H groups in total. The first-order chi connectivity index (χ1) is 6.62. The summed E-state index contributed by atoms with van der Waals surface area (Å²) < 4.78 is 13.6. The summed E-state index contributed by atoms with van der Waals surface area (Å²) >= 11 is 5.67. The molecule has 14 heavy (non-hydrogen) atoms. The summed E-state index contributed by atoms with van der Waals surface area (Å²) in [5.74, 6) is -0.222. The third kappa shape index (κ3) is 1.13. The second-order valence-corrected chi connectivity index (χ2v) is 4.20. The van der Waals surface area contributed by atoms with Gasteiger partial charge in [-0.1, -0.05) is 30.7 Å². The van der Waals surface area contributed by atoms with Crippen LogP contribution in [0, 0.1) is 23.1 Å². The average Bonchev–Trinajstić information content (AvgIpc) is 2.83. The molecule has 2 atom stereocenters. The lowest BCUT2D eigenvalue weighted by Crippen LogP contribution is -2.08. The molecule has 0 heterocycles. The summed E-state index contributed by atoms with van der Waals surface area (Å²) in [5.41, 5.74) is -0.186. The molecule has 1 aromatic rings. The predicted molar refractivity (Wildman–Crippen MR) is 52.5 cm³/mol. The minimum absolute atomic E-state index is 0.0937. The van der Waals surface area contributed by atoms with Crippen LogP contribution in [0.25, 0.3) is 0 Å². The van der Waals surface area contributed by atoms with Crippen molar-refractivity contribution in [3.8, 4) is 6.07 Å². The summed E-state index contributed by atoms with van der Waals surface area (Å²) in [6.07, 6.45) is 0.723. The van der Waals surface area contributed by atoms with E-state index in [1.54, 1.807) is 12.1 Å². The zero-order valence-electron chi connectivity index (χ0n) is 7.72. The van der Waals surface area contributed by atoms with Crippen LogP contribution in [0.15, 0.2) is 18.2 Å². The second-order valence-electron chi connectivity index (χ2n) is 3.79.